The molecule has 0 bridgehead atoms. The van der Waals surface area contributed by atoms with Crippen LogP contribution in [-0.4, -0.2) is 28.3 Å². The summed E-state index contributed by atoms with van der Waals surface area (Å²) >= 11 is 0. The lowest BCUT2D eigenvalue weighted by atomic mass is 10.0. The molecule has 1 amide bonds. The van der Waals surface area contributed by atoms with Gasteiger partial charge in [0.2, 0.25) is 0 Å². The summed E-state index contributed by atoms with van der Waals surface area (Å²) in [5.41, 5.74) is 8.00. The van der Waals surface area contributed by atoms with E-state index in [0.717, 1.165) is 17.8 Å². The van der Waals surface area contributed by atoms with Crippen LogP contribution in [0.15, 0.2) is 0 Å². The number of amides is 1. The molecular weight excluding hydrogens is 264 g/mol. The van der Waals surface area contributed by atoms with Crippen LogP contribution in [0.25, 0.3) is 0 Å². The van der Waals surface area contributed by atoms with Gasteiger partial charge in [-0.05, 0) is 26.2 Å². The Kier molecular flexibility index (Phi) is 7.08. The zero-order valence-electron chi connectivity index (χ0n) is 12.4. The number of nitrogens with two attached hydrogens (primary N) is 1. The van der Waals surface area contributed by atoms with Gasteiger partial charge in [-0.1, -0.05) is 13.8 Å². The number of aryl methyl sites for hydroxylation is 2. The van der Waals surface area contributed by atoms with E-state index in [1.807, 2.05) is 20.9 Å². The van der Waals surface area contributed by atoms with Crippen molar-refractivity contribution in [2.75, 3.05) is 6.54 Å². The van der Waals surface area contributed by atoms with Crippen LogP contribution in [0.1, 0.15) is 42.0 Å². The summed E-state index contributed by atoms with van der Waals surface area (Å²) in [7, 11) is 1.84. The van der Waals surface area contributed by atoms with Gasteiger partial charge in [-0.2, -0.15) is 5.10 Å². The third-order valence-corrected chi connectivity index (χ3v) is 3.11. The number of carbonyl (C=O) groups excluding carboxylic acids is 1. The molecule has 1 aromatic rings. The smallest absolute Gasteiger partial charge is 0.255 e. The fourth-order valence-corrected chi connectivity index (χ4v) is 2.14. The van der Waals surface area contributed by atoms with Gasteiger partial charge < -0.3 is 11.1 Å². The molecule has 0 saturated carbocycles. The van der Waals surface area contributed by atoms with E-state index in [0.29, 0.717) is 18.0 Å². The summed E-state index contributed by atoms with van der Waals surface area (Å²) in [6.07, 6.45) is 0.889. The van der Waals surface area contributed by atoms with Gasteiger partial charge >= 0.3 is 0 Å². The Bertz CT molecular complexity index is 429. The highest BCUT2D eigenvalue weighted by Gasteiger charge is 2.20. The van der Waals surface area contributed by atoms with Crippen LogP contribution in [0, 0.1) is 19.8 Å². The number of halogens is 1. The molecule has 1 unspecified atom stereocenters. The maximum Gasteiger partial charge on any atom is 0.255 e. The summed E-state index contributed by atoms with van der Waals surface area (Å²) in [6, 6.07) is 0.0245. The highest BCUT2D eigenvalue weighted by atomic mass is 35.5. The number of aromatic nitrogens is 2. The van der Waals surface area contributed by atoms with Crippen molar-refractivity contribution < 1.29 is 4.79 Å². The highest BCUT2D eigenvalue weighted by molar-refractivity contribution is 5.96. The summed E-state index contributed by atoms with van der Waals surface area (Å²) in [5.74, 6) is 0.434. The molecule has 1 atom stereocenters. The standard InChI is InChI=1S/C13H24N4O.ClH/c1-8(2)6-11(7-14)15-13(18)12-9(3)16-17(5)10(12)4;/h8,11H,6-7,14H2,1-5H3,(H,15,18);1H. The largest absolute Gasteiger partial charge is 0.348 e. The van der Waals surface area contributed by atoms with Crippen LogP contribution in [-0.2, 0) is 7.05 Å². The zero-order valence-corrected chi connectivity index (χ0v) is 13.2. The Hall–Kier alpha value is -1.07. The monoisotopic (exact) mass is 288 g/mol. The van der Waals surface area contributed by atoms with Crippen molar-refractivity contribution in [3.63, 3.8) is 0 Å². The van der Waals surface area contributed by atoms with Gasteiger partial charge in [0, 0.05) is 25.3 Å². The van der Waals surface area contributed by atoms with Crippen molar-refractivity contribution >= 4 is 18.3 Å². The fourth-order valence-electron chi connectivity index (χ4n) is 2.14. The van der Waals surface area contributed by atoms with Gasteiger partial charge in [-0.15, -0.1) is 12.4 Å². The van der Waals surface area contributed by atoms with Crippen LogP contribution < -0.4 is 11.1 Å². The van der Waals surface area contributed by atoms with E-state index < -0.39 is 0 Å². The Morgan fingerprint density at radius 1 is 1.42 bits per heavy atom. The molecule has 0 aliphatic carbocycles. The van der Waals surface area contributed by atoms with Gasteiger partial charge in [-0.25, -0.2) is 0 Å². The fraction of sp³-hybridized carbons (Fsp3) is 0.692. The number of carbonyl (C=O) groups is 1. The van der Waals surface area contributed by atoms with Crippen LogP contribution >= 0.6 is 12.4 Å². The number of nitrogens with zero attached hydrogens (tertiary/aromatic N) is 2. The lowest BCUT2D eigenvalue weighted by Crippen LogP contribution is -2.41. The molecular formula is C13H25ClN4O. The molecule has 0 aliphatic rings. The van der Waals surface area contributed by atoms with Crippen LogP contribution in [0.4, 0.5) is 0 Å². The van der Waals surface area contributed by atoms with Gasteiger partial charge in [-0.3, -0.25) is 9.48 Å². The molecule has 0 spiro atoms. The van der Waals surface area contributed by atoms with Gasteiger partial charge in [0.05, 0.1) is 11.3 Å². The maximum absolute atomic E-state index is 12.2. The normalized spacial score (nSPS) is 12.2. The van der Waals surface area contributed by atoms with E-state index in [4.69, 9.17) is 5.73 Å². The molecule has 1 rings (SSSR count). The summed E-state index contributed by atoms with van der Waals surface area (Å²) in [5, 5.41) is 7.24. The first-order valence-corrected chi connectivity index (χ1v) is 6.37. The second-order valence-corrected chi connectivity index (χ2v) is 5.21. The van der Waals surface area contributed by atoms with Gasteiger partial charge in [0.15, 0.2) is 0 Å². The topological polar surface area (TPSA) is 72.9 Å². The molecule has 110 valence electrons. The number of nitrogens with one attached hydrogen (secondary N) is 1. The van der Waals surface area contributed by atoms with Crippen molar-refractivity contribution in [1.82, 2.24) is 15.1 Å². The Morgan fingerprint density at radius 3 is 2.37 bits per heavy atom. The number of hydrogen-bond acceptors (Lipinski definition) is 3. The second kappa shape index (κ2) is 7.50. The quantitative estimate of drug-likeness (QED) is 0.864. The molecule has 19 heavy (non-hydrogen) atoms. The van der Waals surface area contributed by atoms with Crippen molar-refractivity contribution in [3.8, 4) is 0 Å². The first-order valence-electron chi connectivity index (χ1n) is 6.37. The molecule has 0 saturated heterocycles. The first kappa shape index (κ1) is 17.9. The van der Waals surface area contributed by atoms with Crippen LogP contribution in [0.2, 0.25) is 0 Å². The molecule has 0 aliphatic heterocycles. The van der Waals surface area contributed by atoms with Gasteiger partial charge in [0.25, 0.3) is 5.91 Å². The lowest BCUT2D eigenvalue weighted by molar-refractivity contribution is 0.0932. The molecule has 0 fully saturated rings. The number of hydrogen-bond donors (Lipinski definition) is 2. The summed E-state index contributed by atoms with van der Waals surface area (Å²) in [4.78, 5) is 12.2. The third kappa shape index (κ3) is 4.51. The molecule has 6 heteroatoms. The zero-order chi connectivity index (χ0) is 13.9. The molecule has 1 aromatic heterocycles. The average Bonchev–Trinajstić information content (AvgIpc) is 2.51. The third-order valence-electron chi connectivity index (χ3n) is 3.11. The van der Waals surface area contributed by atoms with E-state index >= 15 is 0 Å². The van der Waals surface area contributed by atoms with Crippen LogP contribution in [0.3, 0.4) is 0 Å². The first-order chi connectivity index (χ1) is 8.36. The van der Waals surface area contributed by atoms with E-state index in [-0.39, 0.29) is 24.4 Å². The minimum atomic E-state index is -0.0748. The van der Waals surface area contributed by atoms with Crippen molar-refractivity contribution in [3.05, 3.63) is 17.0 Å². The van der Waals surface area contributed by atoms with E-state index in [1.165, 1.54) is 0 Å². The predicted octanol–water partition coefficient (Wildman–Crippen LogP) is 1.56. The Balaban J connectivity index is 0.00000324. The van der Waals surface area contributed by atoms with E-state index in [1.54, 1.807) is 4.68 Å². The summed E-state index contributed by atoms with van der Waals surface area (Å²) < 4.78 is 1.73. The number of rotatable bonds is 5. The van der Waals surface area contributed by atoms with Crippen molar-refractivity contribution in [2.24, 2.45) is 18.7 Å². The SMILES string of the molecule is Cc1nn(C)c(C)c1C(=O)NC(CN)CC(C)C.Cl. The molecule has 0 aromatic carbocycles. The molecule has 1 heterocycles. The second-order valence-electron chi connectivity index (χ2n) is 5.21. The minimum absolute atomic E-state index is 0. The average molecular weight is 289 g/mol. The Labute approximate surface area is 121 Å². The molecule has 3 N–H and O–H groups in total. The predicted molar refractivity (Wildman–Crippen MR) is 79.7 cm³/mol. The van der Waals surface area contributed by atoms with Crippen molar-refractivity contribution in [2.45, 2.75) is 40.2 Å². The van der Waals surface area contributed by atoms with E-state index in [9.17, 15) is 4.79 Å². The minimum Gasteiger partial charge on any atom is -0.348 e. The summed E-state index contributed by atoms with van der Waals surface area (Å²) in [6.45, 7) is 8.45. The van der Waals surface area contributed by atoms with Crippen molar-refractivity contribution in [1.29, 1.82) is 0 Å². The van der Waals surface area contributed by atoms with Gasteiger partial charge in [0.1, 0.15) is 0 Å². The molecule has 0 radical (unpaired) electrons. The Morgan fingerprint density at radius 2 is 2.00 bits per heavy atom. The van der Waals surface area contributed by atoms with E-state index in [2.05, 4.69) is 24.3 Å². The lowest BCUT2D eigenvalue weighted by Gasteiger charge is -2.18. The molecule has 5 nitrogen and oxygen atoms in total. The maximum atomic E-state index is 12.2. The highest BCUT2D eigenvalue weighted by Crippen LogP contribution is 2.12. The van der Waals surface area contributed by atoms with Crippen LogP contribution in [0.5, 0.6) is 0 Å².